The second kappa shape index (κ2) is 17.8. The molecule has 0 amide bonds. The molecule has 3 heteroatoms. The monoisotopic (exact) mass is 674 g/mol. The molecule has 7 rings (SSSR count). The van der Waals surface area contributed by atoms with Crippen LogP contribution in [0.3, 0.4) is 0 Å². The Labute approximate surface area is 304 Å². The van der Waals surface area contributed by atoms with Crippen LogP contribution in [0.1, 0.15) is 181 Å². The van der Waals surface area contributed by atoms with Gasteiger partial charge in [-0.3, -0.25) is 0 Å². The summed E-state index contributed by atoms with van der Waals surface area (Å²) in [4.78, 5) is 3.14. The zero-order valence-electron chi connectivity index (χ0n) is 32.6. The molecule has 0 aromatic rings. The molecule has 3 saturated carbocycles. The number of hydrogen-bond acceptors (Lipinski definition) is 3. The van der Waals surface area contributed by atoms with Crippen molar-refractivity contribution in [2.24, 2.45) is 47.3 Å². The maximum atomic E-state index is 4.49. The number of fused-ring (bicyclic) bond motifs is 7. The van der Waals surface area contributed by atoms with Gasteiger partial charge in [0, 0.05) is 43.0 Å². The standard InChI is InChI=1S/C46H79N3/c1-4-6-25-43-38-21-13-11-19-35(38)27-28-36-20-12-14-22-39(36)44(26-7-5-2)48-32-46-42(31-47-43)40-23-15-16-24-41(40)45-30-37(29-33(3)49(45)46)34-17-9-8-10-18-34/h14,22,33-41,43-45,47-48H,4-13,15-21,23-32H2,1-3H3. The van der Waals surface area contributed by atoms with Crippen LogP contribution in [-0.4, -0.2) is 42.2 Å². The zero-order valence-corrected chi connectivity index (χ0v) is 32.6. The normalized spacial score (nSPS) is 41.1. The van der Waals surface area contributed by atoms with Crippen molar-refractivity contribution >= 4 is 0 Å². The van der Waals surface area contributed by atoms with Crippen LogP contribution in [0.15, 0.2) is 23.4 Å². The smallest absolute Gasteiger partial charge is 0.0358 e. The van der Waals surface area contributed by atoms with Gasteiger partial charge in [-0.2, -0.15) is 0 Å². The minimum Gasteiger partial charge on any atom is -0.368 e. The summed E-state index contributed by atoms with van der Waals surface area (Å²) < 4.78 is 0. The van der Waals surface area contributed by atoms with Crippen LogP contribution in [0.4, 0.5) is 0 Å². The van der Waals surface area contributed by atoms with Crippen molar-refractivity contribution in [3.8, 4) is 0 Å². The largest absolute Gasteiger partial charge is 0.368 e. The molecule has 4 aliphatic carbocycles. The Morgan fingerprint density at radius 2 is 1.31 bits per heavy atom. The summed E-state index contributed by atoms with van der Waals surface area (Å²) in [6.45, 7) is 9.79. The molecule has 0 aromatic carbocycles. The van der Waals surface area contributed by atoms with Crippen LogP contribution < -0.4 is 10.6 Å². The van der Waals surface area contributed by atoms with E-state index in [-0.39, 0.29) is 0 Å². The minimum atomic E-state index is 0.628. The first-order chi connectivity index (χ1) is 24.2. The van der Waals surface area contributed by atoms with E-state index in [4.69, 9.17) is 0 Å². The lowest BCUT2D eigenvalue weighted by Gasteiger charge is -2.58. The van der Waals surface area contributed by atoms with E-state index >= 15 is 0 Å². The first kappa shape index (κ1) is 36.6. The quantitative estimate of drug-likeness (QED) is 0.263. The van der Waals surface area contributed by atoms with Gasteiger partial charge in [0.1, 0.15) is 0 Å². The summed E-state index contributed by atoms with van der Waals surface area (Å²) in [5.74, 6) is 7.10. The molecule has 3 nitrogen and oxygen atoms in total. The third-order valence-electron chi connectivity index (χ3n) is 16.1. The molecule has 4 fully saturated rings. The van der Waals surface area contributed by atoms with E-state index in [1.807, 2.05) is 5.57 Å². The minimum absolute atomic E-state index is 0.628. The van der Waals surface area contributed by atoms with Gasteiger partial charge >= 0.3 is 0 Å². The van der Waals surface area contributed by atoms with Crippen LogP contribution in [0.5, 0.6) is 0 Å². The first-order valence-electron chi connectivity index (χ1n) is 22.8. The summed E-state index contributed by atoms with van der Waals surface area (Å²) in [5.41, 5.74) is 3.67. The highest BCUT2D eigenvalue weighted by Gasteiger charge is 2.49. The summed E-state index contributed by atoms with van der Waals surface area (Å²) in [6, 6.07) is 2.82. The molecule has 0 spiro atoms. The van der Waals surface area contributed by atoms with E-state index in [2.05, 4.69) is 48.5 Å². The molecule has 0 radical (unpaired) electrons. The van der Waals surface area contributed by atoms with Gasteiger partial charge in [-0.25, -0.2) is 0 Å². The van der Waals surface area contributed by atoms with E-state index in [9.17, 15) is 0 Å². The van der Waals surface area contributed by atoms with Crippen molar-refractivity contribution in [1.29, 1.82) is 0 Å². The fraction of sp³-hybridized carbons (Fsp3) is 0.913. The third kappa shape index (κ3) is 8.39. The summed E-state index contributed by atoms with van der Waals surface area (Å²) in [5, 5.41) is 8.94. The second-order valence-corrected chi connectivity index (χ2v) is 18.9. The number of unbranched alkanes of at least 4 members (excludes halogenated alkanes) is 2. The van der Waals surface area contributed by atoms with Gasteiger partial charge in [-0.05, 0) is 130 Å². The Balaban J connectivity index is 1.26. The van der Waals surface area contributed by atoms with Crippen molar-refractivity contribution in [2.75, 3.05) is 13.1 Å². The number of rotatable bonds is 7. The van der Waals surface area contributed by atoms with Crippen LogP contribution in [0.2, 0.25) is 0 Å². The van der Waals surface area contributed by atoms with Gasteiger partial charge < -0.3 is 15.5 Å². The lowest BCUT2D eigenvalue weighted by atomic mass is 9.62. The SMILES string of the molecule is CCCCC1NCC2=C(CNC(CCCC)C3CCCCC3CCC3CCC=CC31)C1CCCCC1C1CC(C3CCCCC3)CC(C)N21. The Kier molecular flexibility index (Phi) is 13.3. The number of nitrogens with one attached hydrogen (secondary N) is 2. The molecule has 7 aliphatic rings. The maximum absolute atomic E-state index is 4.49. The number of hydrogen-bond donors (Lipinski definition) is 2. The molecule has 0 aromatic heterocycles. The topological polar surface area (TPSA) is 27.3 Å². The van der Waals surface area contributed by atoms with E-state index in [1.54, 1.807) is 5.70 Å². The Morgan fingerprint density at radius 3 is 2.12 bits per heavy atom. The molecule has 3 aliphatic heterocycles. The van der Waals surface area contributed by atoms with E-state index in [0.29, 0.717) is 18.1 Å². The number of allylic oxidation sites excluding steroid dienone is 1. The molecule has 278 valence electrons. The fourth-order valence-corrected chi connectivity index (χ4v) is 13.6. The van der Waals surface area contributed by atoms with Crippen molar-refractivity contribution in [1.82, 2.24) is 15.5 Å². The lowest BCUT2D eigenvalue weighted by molar-refractivity contribution is -0.0110. The Hall–Kier alpha value is -0.800. The van der Waals surface area contributed by atoms with Crippen LogP contribution in [0.25, 0.3) is 0 Å². The lowest BCUT2D eigenvalue weighted by Crippen LogP contribution is -2.59. The van der Waals surface area contributed by atoms with Gasteiger partial charge in [-0.1, -0.05) is 116 Å². The molecule has 1 saturated heterocycles. The molecular formula is C46H79N3. The predicted molar refractivity (Wildman–Crippen MR) is 210 cm³/mol. The van der Waals surface area contributed by atoms with Gasteiger partial charge in [0.2, 0.25) is 0 Å². The van der Waals surface area contributed by atoms with E-state index in [0.717, 1.165) is 59.9 Å². The molecule has 11 atom stereocenters. The Bertz CT molecular complexity index is 1070. The molecule has 49 heavy (non-hydrogen) atoms. The van der Waals surface area contributed by atoms with E-state index < -0.39 is 0 Å². The van der Waals surface area contributed by atoms with Crippen molar-refractivity contribution < 1.29 is 0 Å². The Morgan fingerprint density at radius 1 is 0.633 bits per heavy atom. The van der Waals surface area contributed by atoms with Gasteiger partial charge in [0.05, 0.1) is 0 Å². The van der Waals surface area contributed by atoms with E-state index in [1.165, 1.54) is 167 Å². The van der Waals surface area contributed by atoms with Crippen LogP contribution in [0, 0.1) is 47.3 Å². The molecular weight excluding hydrogens is 595 g/mol. The first-order valence-corrected chi connectivity index (χ1v) is 22.8. The molecule has 3 heterocycles. The van der Waals surface area contributed by atoms with Crippen molar-refractivity contribution in [2.45, 2.75) is 205 Å². The predicted octanol–water partition coefficient (Wildman–Crippen LogP) is 11.6. The van der Waals surface area contributed by atoms with Crippen molar-refractivity contribution in [3.63, 3.8) is 0 Å². The average Bonchev–Trinajstić information content (AvgIpc) is 3.15. The molecule has 0 bridgehead atoms. The third-order valence-corrected chi connectivity index (χ3v) is 16.1. The summed E-state index contributed by atoms with van der Waals surface area (Å²) in [7, 11) is 0. The highest BCUT2D eigenvalue weighted by Crippen LogP contribution is 2.52. The van der Waals surface area contributed by atoms with Crippen LogP contribution in [-0.2, 0) is 0 Å². The second-order valence-electron chi connectivity index (χ2n) is 18.9. The number of nitrogens with zero attached hydrogens (tertiary/aromatic N) is 1. The molecule has 11 unspecified atom stereocenters. The number of piperidine rings is 1. The zero-order chi connectivity index (χ0) is 33.6. The van der Waals surface area contributed by atoms with Gasteiger partial charge in [-0.15, -0.1) is 0 Å². The van der Waals surface area contributed by atoms with Crippen molar-refractivity contribution in [3.05, 3.63) is 23.4 Å². The highest BCUT2D eigenvalue weighted by atomic mass is 15.2. The summed E-state index contributed by atoms with van der Waals surface area (Å²) >= 11 is 0. The van der Waals surface area contributed by atoms with Crippen LogP contribution >= 0.6 is 0 Å². The average molecular weight is 674 g/mol. The maximum Gasteiger partial charge on any atom is 0.0358 e. The highest BCUT2D eigenvalue weighted by molar-refractivity contribution is 5.28. The van der Waals surface area contributed by atoms with Gasteiger partial charge in [0.25, 0.3) is 0 Å². The fourth-order valence-electron chi connectivity index (χ4n) is 13.6. The summed E-state index contributed by atoms with van der Waals surface area (Å²) in [6.07, 6.45) is 41.4. The molecule has 2 N–H and O–H groups in total. The van der Waals surface area contributed by atoms with Gasteiger partial charge in [0.15, 0.2) is 0 Å².